The number of benzene rings is 3. The summed E-state index contributed by atoms with van der Waals surface area (Å²) in [6.45, 7) is 0.488. The zero-order valence-electron chi connectivity index (χ0n) is 17.2. The summed E-state index contributed by atoms with van der Waals surface area (Å²) in [5, 5.41) is 2.91. The summed E-state index contributed by atoms with van der Waals surface area (Å²) in [5.41, 5.74) is 2.85. The summed E-state index contributed by atoms with van der Waals surface area (Å²) >= 11 is 0. The topological polar surface area (TPSA) is 75.7 Å². The van der Waals surface area contributed by atoms with Gasteiger partial charge in [-0.3, -0.25) is 4.79 Å². The predicted molar refractivity (Wildman–Crippen MR) is 118 cm³/mol. The Morgan fingerprint density at radius 2 is 1.61 bits per heavy atom. The van der Waals surface area contributed by atoms with Crippen molar-refractivity contribution < 1.29 is 17.9 Å². The van der Waals surface area contributed by atoms with E-state index in [1.807, 2.05) is 54.6 Å². The fourth-order valence-corrected chi connectivity index (χ4v) is 5.33. The molecule has 7 heteroatoms. The minimum Gasteiger partial charge on any atom is -0.497 e. The molecule has 160 valence electrons. The van der Waals surface area contributed by atoms with E-state index >= 15 is 0 Å². The minimum absolute atomic E-state index is 0.133. The molecule has 3 aromatic rings. The van der Waals surface area contributed by atoms with E-state index in [0.717, 1.165) is 16.7 Å². The van der Waals surface area contributed by atoms with Gasteiger partial charge in [-0.1, -0.05) is 54.6 Å². The van der Waals surface area contributed by atoms with Gasteiger partial charge in [0.1, 0.15) is 11.8 Å². The molecule has 31 heavy (non-hydrogen) atoms. The Labute approximate surface area is 182 Å². The van der Waals surface area contributed by atoms with E-state index in [1.54, 1.807) is 12.1 Å². The molecule has 0 spiro atoms. The van der Waals surface area contributed by atoms with Gasteiger partial charge < -0.3 is 10.1 Å². The molecule has 6 nitrogen and oxygen atoms in total. The highest BCUT2D eigenvalue weighted by atomic mass is 32.2. The number of methoxy groups -OCH3 is 1. The Bertz CT molecular complexity index is 1160. The summed E-state index contributed by atoms with van der Waals surface area (Å²) < 4.78 is 33.4. The fraction of sp³-hybridized carbons (Fsp3) is 0.208. The number of ether oxygens (including phenoxy) is 1. The van der Waals surface area contributed by atoms with Crippen LogP contribution >= 0.6 is 0 Å². The van der Waals surface area contributed by atoms with E-state index in [-0.39, 0.29) is 17.3 Å². The van der Waals surface area contributed by atoms with Crippen molar-refractivity contribution in [1.29, 1.82) is 0 Å². The van der Waals surface area contributed by atoms with Gasteiger partial charge in [0, 0.05) is 13.1 Å². The lowest BCUT2D eigenvalue weighted by atomic mass is 9.95. The lowest BCUT2D eigenvalue weighted by Crippen LogP contribution is -2.52. The SMILES string of the molecule is COc1ccc(S(=O)(=O)N2Cc3ccccc3CC2C(=O)NCc2ccccc2)cc1. The number of nitrogens with one attached hydrogen (secondary N) is 1. The Morgan fingerprint density at radius 3 is 2.29 bits per heavy atom. The van der Waals surface area contributed by atoms with Crippen LogP contribution in [0.25, 0.3) is 0 Å². The largest absolute Gasteiger partial charge is 0.497 e. The molecule has 1 aliphatic heterocycles. The molecule has 0 aromatic heterocycles. The van der Waals surface area contributed by atoms with Crippen LogP contribution < -0.4 is 10.1 Å². The number of nitrogens with zero attached hydrogens (tertiary/aromatic N) is 1. The number of fused-ring (bicyclic) bond motifs is 1. The van der Waals surface area contributed by atoms with Gasteiger partial charge in [-0.2, -0.15) is 4.31 Å². The van der Waals surface area contributed by atoms with E-state index in [2.05, 4.69) is 5.32 Å². The monoisotopic (exact) mass is 436 g/mol. The highest BCUT2D eigenvalue weighted by Gasteiger charge is 2.39. The van der Waals surface area contributed by atoms with Crippen molar-refractivity contribution in [3.8, 4) is 5.75 Å². The summed E-state index contributed by atoms with van der Waals surface area (Å²) in [4.78, 5) is 13.3. The standard InChI is InChI=1S/C24H24N2O4S/c1-30-21-11-13-22(14-12-21)31(28,29)26-17-20-10-6-5-9-19(20)15-23(26)24(27)25-16-18-7-3-2-4-8-18/h2-14,23H,15-17H2,1H3,(H,25,27). The lowest BCUT2D eigenvalue weighted by Gasteiger charge is -2.35. The van der Waals surface area contributed by atoms with E-state index < -0.39 is 16.1 Å². The second-order valence-electron chi connectivity index (χ2n) is 7.42. The van der Waals surface area contributed by atoms with Crippen molar-refractivity contribution in [1.82, 2.24) is 9.62 Å². The van der Waals surface area contributed by atoms with Gasteiger partial charge in [0.05, 0.1) is 12.0 Å². The number of hydrogen-bond donors (Lipinski definition) is 1. The van der Waals surface area contributed by atoms with Crippen LogP contribution in [0.2, 0.25) is 0 Å². The molecular formula is C24H24N2O4S. The zero-order valence-corrected chi connectivity index (χ0v) is 18.0. The van der Waals surface area contributed by atoms with Crippen LogP contribution in [0.3, 0.4) is 0 Å². The smallest absolute Gasteiger partial charge is 0.244 e. The van der Waals surface area contributed by atoms with Gasteiger partial charge >= 0.3 is 0 Å². The van der Waals surface area contributed by atoms with Crippen molar-refractivity contribution >= 4 is 15.9 Å². The highest BCUT2D eigenvalue weighted by Crippen LogP contribution is 2.30. The first-order valence-electron chi connectivity index (χ1n) is 10.0. The average molecular weight is 437 g/mol. The number of sulfonamides is 1. The predicted octanol–water partition coefficient (Wildman–Crippen LogP) is 3.13. The van der Waals surface area contributed by atoms with Gasteiger partial charge in [-0.05, 0) is 47.4 Å². The zero-order chi connectivity index (χ0) is 21.8. The molecular weight excluding hydrogens is 412 g/mol. The maximum Gasteiger partial charge on any atom is 0.244 e. The minimum atomic E-state index is -3.89. The van der Waals surface area contributed by atoms with E-state index in [1.165, 1.54) is 23.5 Å². The molecule has 0 bridgehead atoms. The molecule has 1 heterocycles. The molecule has 0 aliphatic carbocycles. The second kappa shape index (κ2) is 8.91. The third-order valence-electron chi connectivity index (χ3n) is 5.48. The van der Waals surface area contributed by atoms with E-state index in [9.17, 15) is 13.2 Å². The van der Waals surface area contributed by atoms with Crippen LogP contribution in [0, 0.1) is 0 Å². The van der Waals surface area contributed by atoms with Crippen molar-refractivity contribution in [3.63, 3.8) is 0 Å². The fourth-order valence-electron chi connectivity index (χ4n) is 3.76. The Kier molecular flexibility index (Phi) is 6.06. The number of rotatable bonds is 6. The van der Waals surface area contributed by atoms with Gasteiger partial charge in [0.15, 0.2) is 0 Å². The van der Waals surface area contributed by atoms with Gasteiger partial charge in [0.25, 0.3) is 0 Å². The third kappa shape index (κ3) is 4.47. The molecule has 1 N–H and O–H groups in total. The quantitative estimate of drug-likeness (QED) is 0.644. The molecule has 1 amide bonds. The van der Waals surface area contributed by atoms with E-state index in [4.69, 9.17) is 4.74 Å². The normalized spacial score (nSPS) is 16.4. The number of hydrogen-bond acceptors (Lipinski definition) is 4. The molecule has 4 rings (SSSR count). The van der Waals surface area contributed by atoms with Gasteiger partial charge in [-0.25, -0.2) is 8.42 Å². The molecule has 1 aliphatic rings. The number of carbonyl (C=O) groups is 1. The average Bonchev–Trinajstić information content (AvgIpc) is 2.82. The summed E-state index contributed by atoms with van der Waals surface area (Å²) in [5.74, 6) is 0.260. The molecule has 0 radical (unpaired) electrons. The maximum absolute atomic E-state index is 13.5. The lowest BCUT2D eigenvalue weighted by molar-refractivity contribution is -0.125. The van der Waals surface area contributed by atoms with Crippen molar-refractivity contribution in [2.24, 2.45) is 0 Å². The van der Waals surface area contributed by atoms with Crippen LogP contribution in [-0.2, 0) is 34.3 Å². The number of carbonyl (C=O) groups excluding carboxylic acids is 1. The molecule has 1 unspecified atom stereocenters. The first kappa shape index (κ1) is 21.1. The first-order valence-corrected chi connectivity index (χ1v) is 11.5. The van der Waals surface area contributed by atoms with Crippen molar-refractivity contribution in [2.45, 2.75) is 30.4 Å². The Hall–Kier alpha value is -3.16. The number of amides is 1. The van der Waals surface area contributed by atoms with E-state index in [0.29, 0.717) is 18.7 Å². The Balaban J connectivity index is 1.64. The van der Waals surface area contributed by atoms with Crippen LogP contribution in [0.5, 0.6) is 5.75 Å². The van der Waals surface area contributed by atoms with Crippen LogP contribution in [-0.4, -0.2) is 31.8 Å². The second-order valence-corrected chi connectivity index (χ2v) is 9.31. The van der Waals surface area contributed by atoms with Crippen molar-refractivity contribution in [2.75, 3.05) is 7.11 Å². The maximum atomic E-state index is 13.5. The molecule has 0 saturated heterocycles. The first-order chi connectivity index (χ1) is 15.0. The summed E-state index contributed by atoms with van der Waals surface area (Å²) in [7, 11) is -2.36. The van der Waals surface area contributed by atoms with Crippen LogP contribution in [0.1, 0.15) is 16.7 Å². The molecule has 1 atom stereocenters. The molecule has 0 fully saturated rings. The van der Waals surface area contributed by atoms with Crippen LogP contribution in [0.4, 0.5) is 0 Å². The summed E-state index contributed by atoms with van der Waals surface area (Å²) in [6.07, 6.45) is 0.326. The van der Waals surface area contributed by atoms with Crippen molar-refractivity contribution in [3.05, 3.63) is 95.6 Å². The molecule has 3 aromatic carbocycles. The van der Waals surface area contributed by atoms with Crippen LogP contribution in [0.15, 0.2) is 83.8 Å². The van der Waals surface area contributed by atoms with Gasteiger partial charge in [-0.15, -0.1) is 0 Å². The highest BCUT2D eigenvalue weighted by molar-refractivity contribution is 7.89. The molecule has 0 saturated carbocycles. The van der Waals surface area contributed by atoms with Gasteiger partial charge in [0.2, 0.25) is 15.9 Å². The Morgan fingerprint density at radius 1 is 0.968 bits per heavy atom. The summed E-state index contributed by atoms with van der Waals surface area (Å²) in [6, 6.07) is 22.6. The third-order valence-corrected chi connectivity index (χ3v) is 7.35.